The lowest BCUT2D eigenvalue weighted by Crippen LogP contribution is -2.39. The lowest BCUT2D eigenvalue weighted by atomic mass is 9.68. The highest BCUT2D eigenvalue weighted by atomic mass is 16.5. The van der Waals surface area contributed by atoms with E-state index in [9.17, 15) is 4.79 Å². The molecule has 2 rings (SSSR count). The standard InChI is InChI=1S/C16H28O2/c1-6-11-7-8-14(17)12(9-11)13-10-15(2,3)18-16(13,4)5/h11-13H,6-10H2,1-5H3. The van der Waals surface area contributed by atoms with Gasteiger partial charge in [0, 0.05) is 12.3 Å². The van der Waals surface area contributed by atoms with Gasteiger partial charge in [0.1, 0.15) is 5.78 Å². The van der Waals surface area contributed by atoms with Gasteiger partial charge in [0.15, 0.2) is 0 Å². The van der Waals surface area contributed by atoms with E-state index in [1.54, 1.807) is 0 Å². The average Bonchev–Trinajstić information content (AvgIpc) is 2.47. The molecule has 0 aromatic heterocycles. The molecule has 3 atom stereocenters. The van der Waals surface area contributed by atoms with Gasteiger partial charge in [-0.15, -0.1) is 0 Å². The van der Waals surface area contributed by atoms with E-state index >= 15 is 0 Å². The van der Waals surface area contributed by atoms with Gasteiger partial charge in [0.2, 0.25) is 0 Å². The SMILES string of the molecule is CCC1CCC(=O)C(C2CC(C)(C)OC2(C)C)C1. The van der Waals surface area contributed by atoms with Gasteiger partial charge in [0.05, 0.1) is 11.2 Å². The zero-order valence-corrected chi connectivity index (χ0v) is 12.6. The largest absolute Gasteiger partial charge is 0.369 e. The van der Waals surface area contributed by atoms with Crippen LogP contribution in [0.3, 0.4) is 0 Å². The maximum Gasteiger partial charge on any atom is 0.136 e. The van der Waals surface area contributed by atoms with Crippen LogP contribution in [-0.2, 0) is 9.53 Å². The normalized spacial score (nSPS) is 38.9. The minimum atomic E-state index is -0.153. The summed E-state index contributed by atoms with van der Waals surface area (Å²) in [5.74, 6) is 1.86. The Bertz CT molecular complexity index is 330. The fourth-order valence-corrected chi connectivity index (χ4v) is 4.13. The lowest BCUT2D eigenvalue weighted by Gasteiger charge is -2.36. The number of rotatable bonds is 2. The van der Waals surface area contributed by atoms with Crippen molar-refractivity contribution in [2.45, 2.75) is 77.9 Å². The summed E-state index contributed by atoms with van der Waals surface area (Å²) in [6, 6.07) is 0. The Kier molecular flexibility index (Phi) is 3.61. The van der Waals surface area contributed by atoms with Crippen LogP contribution in [0.25, 0.3) is 0 Å². The van der Waals surface area contributed by atoms with E-state index in [0.29, 0.717) is 11.7 Å². The van der Waals surface area contributed by atoms with Crippen molar-refractivity contribution in [2.75, 3.05) is 0 Å². The van der Waals surface area contributed by atoms with Crippen molar-refractivity contribution in [3.8, 4) is 0 Å². The van der Waals surface area contributed by atoms with E-state index < -0.39 is 0 Å². The third-order valence-corrected chi connectivity index (χ3v) is 5.01. The Morgan fingerprint density at radius 2 is 1.94 bits per heavy atom. The molecule has 0 radical (unpaired) electrons. The van der Waals surface area contributed by atoms with Gasteiger partial charge in [-0.1, -0.05) is 13.3 Å². The van der Waals surface area contributed by atoms with Crippen molar-refractivity contribution < 1.29 is 9.53 Å². The molecule has 2 nitrogen and oxygen atoms in total. The summed E-state index contributed by atoms with van der Waals surface area (Å²) >= 11 is 0. The highest BCUT2D eigenvalue weighted by Gasteiger charge is 2.51. The Labute approximate surface area is 111 Å². The van der Waals surface area contributed by atoms with Crippen molar-refractivity contribution in [2.24, 2.45) is 17.8 Å². The van der Waals surface area contributed by atoms with Crippen molar-refractivity contribution in [1.29, 1.82) is 0 Å². The summed E-state index contributed by atoms with van der Waals surface area (Å²) in [5.41, 5.74) is -0.229. The molecule has 0 N–H and O–H groups in total. The Morgan fingerprint density at radius 1 is 1.28 bits per heavy atom. The second-order valence-corrected chi connectivity index (χ2v) is 7.40. The molecule has 0 bridgehead atoms. The van der Waals surface area contributed by atoms with Crippen LogP contribution < -0.4 is 0 Å². The minimum Gasteiger partial charge on any atom is -0.369 e. The number of ether oxygens (including phenoxy) is 1. The highest BCUT2D eigenvalue weighted by molar-refractivity contribution is 5.82. The molecular weight excluding hydrogens is 224 g/mol. The first-order valence-corrected chi connectivity index (χ1v) is 7.48. The maximum absolute atomic E-state index is 12.3. The molecule has 2 aliphatic rings. The van der Waals surface area contributed by atoms with Gasteiger partial charge in [-0.3, -0.25) is 4.79 Å². The molecule has 0 amide bonds. The van der Waals surface area contributed by atoms with Crippen molar-refractivity contribution in [1.82, 2.24) is 0 Å². The molecule has 0 aromatic carbocycles. The Hall–Kier alpha value is -0.370. The van der Waals surface area contributed by atoms with E-state index in [4.69, 9.17) is 4.74 Å². The first-order valence-electron chi connectivity index (χ1n) is 7.48. The number of carbonyl (C=O) groups excluding carboxylic acids is 1. The van der Waals surface area contributed by atoms with E-state index in [0.717, 1.165) is 31.6 Å². The molecule has 0 spiro atoms. The average molecular weight is 252 g/mol. The third kappa shape index (κ3) is 2.64. The van der Waals surface area contributed by atoms with E-state index in [1.165, 1.54) is 6.42 Å². The number of hydrogen-bond acceptors (Lipinski definition) is 2. The van der Waals surface area contributed by atoms with Crippen LogP contribution in [0, 0.1) is 17.8 Å². The molecule has 2 heteroatoms. The molecule has 1 aliphatic carbocycles. The van der Waals surface area contributed by atoms with E-state index in [1.807, 2.05) is 0 Å². The van der Waals surface area contributed by atoms with Crippen LogP contribution >= 0.6 is 0 Å². The van der Waals surface area contributed by atoms with E-state index in [-0.39, 0.29) is 17.1 Å². The summed E-state index contributed by atoms with van der Waals surface area (Å²) < 4.78 is 6.17. The van der Waals surface area contributed by atoms with Crippen LogP contribution in [-0.4, -0.2) is 17.0 Å². The molecule has 3 unspecified atom stereocenters. The topological polar surface area (TPSA) is 26.3 Å². The monoisotopic (exact) mass is 252 g/mol. The molecule has 18 heavy (non-hydrogen) atoms. The second-order valence-electron chi connectivity index (χ2n) is 7.40. The number of Topliss-reactive ketones (excluding diaryl/α,β-unsaturated/α-hetero) is 1. The zero-order valence-electron chi connectivity index (χ0n) is 12.6. The molecule has 1 heterocycles. The van der Waals surface area contributed by atoms with Crippen molar-refractivity contribution in [3.63, 3.8) is 0 Å². The van der Waals surface area contributed by atoms with E-state index in [2.05, 4.69) is 34.6 Å². The summed E-state index contributed by atoms with van der Waals surface area (Å²) in [5, 5.41) is 0. The first-order chi connectivity index (χ1) is 8.25. The zero-order chi connectivity index (χ0) is 13.6. The molecule has 1 saturated heterocycles. The molecule has 104 valence electrons. The summed E-state index contributed by atoms with van der Waals surface area (Å²) in [6.45, 7) is 10.9. The minimum absolute atomic E-state index is 0.0758. The molecule has 1 saturated carbocycles. The van der Waals surface area contributed by atoms with Crippen molar-refractivity contribution in [3.05, 3.63) is 0 Å². The second kappa shape index (κ2) is 4.63. The summed E-state index contributed by atoms with van der Waals surface area (Å²) in [4.78, 5) is 12.3. The first kappa shape index (κ1) is 14.0. The fraction of sp³-hybridized carbons (Fsp3) is 0.938. The van der Waals surface area contributed by atoms with Crippen LogP contribution in [0.1, 0.15) is 66.7 Å². The molecular formula is C16H28O2. The van der Waals surface area contributed by atoms with Crippen LogP contribution in [0.15, 0.2) is 0 Å². The smallest absolute Gasteiger partial charge is 0.136 e. The van der Waals surface area contributed by atoms with Crippen LogP contribution in [0.4, 0.5) is 0 Å². The van der Waals surface area contributed by atoms with Gasteiger partial charge in [0.25, 0.3) is 0 Å². The summed E-state index contributed by atoms with van der Waals surface area (Å²) in [7, 11) is 0. The number of carbonyl (C=O) groups is 1. The predicted octanol–water partition coefficient (Wildman–Crippen LogP) is 3.98. The molecule has 1 aliphatic heterocycles. The van der Waals surface area contributed by atoms with Gasteiger partial charge in [-0.05, 0) is 58.8 Å². The molecule has 0 aromatic rings. The van der Waals surface area contributed by atoms with Gasteiger partial charge < -0.3 is 4.74 Å². The predicted molar refractivity (Wildman–Crippen MR) is 73.5 cm³/mol. The Balaban J connectivity index is 2.16. The fourth-order valence-electron chi connectivity index (χ4n) is 4.13. The van der Waals surface area contributed by atoms with Crippen molar-refractivity contribution >= 4 is 5.78 Å². The van der Waals surface area contributed by atoms with Gasteiger partial charge in [-0.2, -0.15) is 0 Å². The molecule has 2 fully saturated rings. The van der Waals surface area contributed by atoms with Crippen LogP contribution in [0.2, 0.25) is 0 Å². The number of ketones is 1. The summed E-state index contributed by atoms with van der Waals surface area (Å²) in [6.07, 6.45) is 5.20. The Morgan fingerprint density at radius 3 is 2.44 bits per heavy atom. The maximum atomic E-state index is 12.3. The van der Waals surface area contributed by atoms with Gasteiger partial charge >= 0.3 is 0 Å². The lowest BCUT2D eigenvalue weighted by molar-refractivity contribution is -0.132. The van der Waals surface area contributed by atoms with Crippen LogP contribution in [0.5, 0.6) is 0 Å². The number of hydrogen-bond donors (Lipinski definition) is 0. The quantitative estimate of drug-likeness (QED) is 0.743. The van der Waals surface area contributed by atoms with Gasteiger partial charge in [-0.25, -0.2) is 0 Å². The third-order valence-electron chi connectivity index (χ3n) is 5.01. The highest BCUT2D eigenvalue weighted by Crippen LogP contribution is 2.49.